The lowest BCUT2D eigenvalue weighted by Crippen LogP contribution is -2.56. The van der Waals surface area contributed by atoms with Gasteiger partial charge in [-0.15, -0.1) is 0 Å². The van der Waals surface area contributed by atoms with Crippen molar-refractivity contribution in [1.29, 1.82) is 0 Å². The Morgan fingerprint density at radius 3 is 2.36 bits per heavy atom. The zero-order valence-corrected chi connectivity index (χ0v) is 14.0. The number of pyridine rings is 1. The summed E-state index contributed by atoms with van der Waals surface area (Å²) in [6, 6.07) is 13.2. The predicted octanol–water partition coefficient (Wildman–Crippen LogP) is 3.76. The zero-order valence-electron chi connectivity index (χ0n) is 14.0. The van der Waals surface area contributed by atoms with Crippen LogP contribution in [0.3, 0.4) is 0 Å². The van der Waals surface area contributed by atoms with Crippen molar-refractivity contribution in [3.63, 3.8) is 0 Å². The Hall–Kier alpha value is -1.85. The van der Waals surface area contributed by atoms with Gasteiger partial charge in [-0.05, 0) is 43.4 Å². The van der Waals surface area contributed by atoms with Gasteiger partial charge < -0.3 is 5.11 Å². The molecule has 0 radical (unpaired) electrons. The number of aliphatic hydroxyl groups is 1. The van der Waals surface area contributed by atoms with Crippen molar-refractivity contribution < 1.29 is 13.9 Å². The predicted molar refractivity (Wildman–Crippen MR) is 90.7 cm³/mol. The van der Waals surface area contributed by atoms with E-state index in [9.17, 15) is 13.9 Å². The molecule has 2 aliphatic rings. The van der Waals surface area contributed by atoms with E-state index in [1.165, 1.54) is 11.6 Å². The first-order chi connectivity index (χ1) is 12.0. The Bertz CT molecular complexity index is 739. The molecule has 2 unspecified atom stereocenters. The first kappa shape index (κ1) is 16.6. The minimum atomic E-state index is -1.27. The Labute approximate surface area is 146 Å². The smallest absolute Gasteiger partial charge is 0.221 e. The molecule has 4 rings (SSSR count). The van der Waals surface area contributed by atoms with Crippen LogP contribution in [0.2, 0.25) is 0 Å². The van der Waals surface area contributed by atoms with Crippen LogP contribution in [0.25, 0.3) is 0 Å². The fraction of sp³-hybridized carbons (Fsp3) is 0.450. The Morgan fingerprint density at radius 1 is 1.04 bits per heavy atom. The minimum absolute atomic E-state index is 0.130. The minimum Gasteiger partial charge on any atom is -0.385 e. The van der Waals surface area contributed by atoms with Crippen molar-refractivity contribution in [2.24, 2.45) is 0 Å². The maximum Gasteiger partial charge on any atom is 0.221 e. The SMILES string of the molecule is OC1(c2ccc(F)nc2F)CC2CCCC(C1)N2Cc1ccccc1. The van der Waals surface area contributed by atoms with Crippen molar-refractivity contribution in [2.45, 2.75) is 56.3 Å². The van der Waals surface area contributed by atoms with Crippen LogP contribution in [0.4, 0.5) is 8.78 Å². The topological polar surface area (TPSA) is 36.4 Å². The number of hydrogen-bond donors (Lipinski definition) is 1. The van der Waals surface area contributed by atoms with Crippen molar-refractivity contribution in [1.82, 2.24) is 9.88 Å². The summed E-state index contributed by atoms with van der Waals surface area (Å²) in [5, 5.41) is 11.2. The third-order valence-corrected chi connectivity index (χ3v) is 5.68. The molecule has 0 amide bonds. The van der Waals surface area contributed by atoms with Crippen LogP contribution in [-0.2, 0) is 12.1 Å². The number of nitrogens with zero attached hydrogens (tertiary/aromatic N) is 2. The number of rotatable bonds is 3. The van der Waals surface area contributed by atoms with Crippen molar-refractivity contribution in [3.05, 3.63) is 65.5 Å². The molecule has 1 aromatic carbocycles. The molecule has 2 atom stereocenters. The van der Waals surface area contributed by atoms with Gasteiger partial charge in [0.15, 0.2) is 0 Å². The van der Waals surface area contributed by atoms with Crippen LogP contribution in [0, 0.1) is 11.9 Å². The van der Waals surface area contributed by atoms with Crippen LogP contribution in [0.15, 0.2) is 42.5 Å². The normalized spacial score (nSPS) is 29.6. The van der Waals surface area contributed by atoms with E-state index in [0.29, 0.717) is 12.8 Å². The average molecular weight is 344 g/mol. The summed E-state index contributed by atoms with van der Waals surface area (Å²) < 4.78 is 27.3. The molecule has 0 saturated carbocycles. The number of benzene rings is 1. The fourth-order valence-corrected chi connectivity index (χ4v) is 4.55. The first-order valence-electron chi connectivity index (χ1n) is 8.90. The van der Waals surface area contributed by atoms with Gasteiger partial charge in [0.1, 0.15) is 0 Å². The van der Waals surface area contributed by atoms with Gasteiger partial charge >= 0.3 is 0 Å². The van der Waals surface area contributed by atoms with Gasteiger partial charge in [-0.25, -0.2) is 0 Å². The molecule has 2 bridgehead atoms. The summed E-state index contributed by atoms with van der Waals surface area (Å²) >= 11 is 0. The highest BCUT2D eigenvalue weighted by Crippen LogP contribution is 2.45. The molecule has 1 aromatic heterocycles. The molecule has 0 aliphatic carbocycles. The second-order valence-corrected chi connectivity index (χ2v) is 7.31. The second kappa shape index (κ2) is 6.46. The van der Waals surface area contributed by atoms with Crippen molar-refractivity contribution in [3.8, 4) is 0 Å². The maximum atomic E-state index is 14.2. The quantitative estimate of drug-likeness (QED) is 0.861. The molecule has 5 heteroatoms. The summed E-state index contributed by atoms with van der Waals surface area (Å²) in [4.78, 5) is 5.71. The molecular weight excluding hydrogens is 322 g/mol. The van der Waals surface area contributed by atoms with Gasteiger partial charge in [0.25, 0.3) is 0 Å². The van der Waals surface area contributed by atoms with Crippen LogP contribution < -0.4 is 0 Å². The monoisotopic (exact) mass is 344 g/mol. The Balaban J connectivity index is 1.60. The van der Waals surface area contributed by atoms with Crippen LogP contribution in [0.1, 0.15) is 43.2 Å². The average Bonchev–Trinajstić information content (AvgIpc) is 2.57. The molecule has 3 nitrogen and oxygen atoms in total. The van der Waals surface area contributed by atoms with E-state index in [-0.39, 0.29) is 17.6 Å². The largest absolute Gasteiger partial charge is 0.385 e. The van der Waals surface area contributed by atoms with E-state index < -0.39 is 17.5 Å². The molecule has 1 N–H and O–H groups in total. The third kappa shape index (κ3) is 3.18. The molecule has 2 aliphatic heterocycles. The van der Waals surface area contributed by atoms with E-state index >= 15 is 0 Å². The van der Waals surface area contributed by atoms with Crippen molar-refractivity contribution in [2.75, 3.05) is 0 Å². The van der Waals surface area contributed by atoms with E-state index in [0.717, 1.165) is 31.9 Å². The summed E-state index contributed by atoms with van der Waals surface area (Å²) in [5.41, 5.74) is 0.109. The molecule has 0 spiro atoms. The molecule has 3 heterocycles. The lowest BCUT2D eigenvalue weighted by Gasteiger charge is -2.52. The Kier molecular flexibility index (Phi) is 4.29. The number of halogens is 2. The van der Waals surface area contributed by atoms with Gasteiger partial charge in [0.05, 0.1) is 5.60 Å². The Morgan fingerprint density at radius 2 is 1.72 bits per heavy atom. The van der Waals surface area contributed by atoms with E-state index in [4.69, 9.17) is 0 Å². The third-order valence-electron chi connectivity index (χ3n) is 5.68. The second-order valence-electron chi connectivity index (χ2n) is 7.31. The highest BCUT2D eigenvalue weighted by atomic mass is 19.1. The fourth-order valence-electron chi connectivity index (χ4n) is 4.55. The van der Waals surface area contributed by atoms with Gasteiger partial charge in [0, 0.05) is 24.2 Å². The van der Waals surface area contributed by atoms with Crippen LogP contribution in [-0.4, -0.2) is 27.1 Å². The molecular formula is C20H22F2N2O. The summed E-state index contributed by atoms with van der Waals surface area (Å²) in [7, 11) is 0. The van der Waals surface area contributed by atoms with Gasteiger partial charge in [-0.3, -0.25) is 4.90 Å². The highest BCUT2D eigenvalue weighted by Gasteiger charge is 2.47. The molecule has 25 heavy (non-hydrogen) atoms. The van der Waals surface area contributed by atoms with Crippen LogP contribution >= 0.6 is 0 Å². The number of piperidine rings is 2. The first-order valence-corrected chi connectivity index (χ1v) is 8.90. The molecule has 2 aromatic rings. The summed E-state index contributed by atoms with van der Waals surface area (Å²) in [5.74, 6) is -1.75. The van der Waals surface area contributed by atoms with Crippen LogP contribution in [0.5, 0.6) is 0 Å². The number of aromatic nitrogens is 1. The van der Waals surface area contributed by atoms with Crippen molar-refractivity contribution >= 4 is 0 Å². The lowest BCUT2D eigenvalue weighted by atomic mass is 9.72. The molecule has 2 fully saturated rings. The maximum absolute atomic E-state index is 14.2. The molecule has 2 saturated heterocycles. The van der Waals surface area contributed by atoms with E-state index in [2.05, 4.69) is 22.0 Å². The van der Waals surface area contributed by atoms with Gasteiger partial charge in [0.2, 0.25) is 11.9 Å². The molecule has 132 valence electrons. The van der Waals surface area contributed by atoms with Gasteiger partial charge in [-0.1, -0.05) is 36.8 Å². The summed E-state index contributed by atoms with van der Waals surface area (Å²) in [6.45, 7) is 0.844. The lowest BCUT2D eigenvalue weighted by molar-refractivity contribution is -0.102. The van der Waals surface area contributed by atoms with E-state index in [1.807, 2.05) is 18.2 Å². The zero-order chi connectivity index (χ0) is 17.4. The van der Waals surface area contributed by atoms with E-state index in [1.54, 1.807) is 0 Å². The summed E-state index contributed by atoms with van der Waals surface area (Å²) in [6.07, 6.45) is 4.02. The van der Waals surface area contributed by atoms with Gasteiger partial charge in [-0.2, -0.15) is 13.8 Å². The number of fused-ring (bicyclic) bond motifs is 2. The standard InChI is InChI=1S/C20H22F2N2O/c21-18-10-9-17(19(22)23-18)20(25)11-15-7-4-8-16(12-20)24(15)13-14-5-2-1-3-6-14/h1-3,5-6,9-10,15-16,25H,4,7-8,11-13H2. The number of hydrogen-bond acceptors (Lipinski definition) is 3. The highest BCUT2D eigenvalue weighted by molar-refractivity contribution is 5.24.